The van der Waals surface area contributed by atoms with Crippen molar-refractivity contribution in [2.45, 2.75) is 18.7 Å². The number of carbonyl (C=O) groups is 1. The molecule has 1 aromatic carbocycles. The zero-order valence-corrected chi connectivity index (χ0v) is 10.9. The molecule has 1 amide bonds. The van der Waals surface area contributed by atoms with Gasteiger partial charge in [0.1, 0.15) is 0 Å². The summed E-state index contributed by atoms with van der Waals surface area (Å²) in [7, 11) is 0. The summed E-state index contributed by atoms with van der Waals surface area (Å²) in [6.07, 6.45) is -6.66. The molecule has 0 saturated carbocycles. The van der Waals surface area contributed by atoms with E-state index >= 15 is 0 Å². The summed E-state index contributed by atoms with van der Waals surface area (Å²) in [5.41, 5.74) is 0.133. The van der Waals surface area contributed by atoms with Gasteiger partial charge in [0, 0.05) is 12.0 Å². The second kappa shape index (κ2) is 6.21. The molecule has 0 radical (unpaired) electrons. The highest BCUT2D eigenvalue weighted by Gasteiger charge is 2.38. The van der Waals surface area contributed by atoms with Gasteiger partial charge in [0.25, 0.3) is 5.91 Å². The van der Waals surface area contributed by atoms with Gasteiger partial charge in [-0.05, 0) is 18.2 Å². The lowest BCUT2D eigenvalue weighted by molar-refractivity contribution is -0.201. The van der Waals surface area contributed by atoms with Gasteiger partial charge >= 0.3 is 6.18 Å². The molecule has 8 heteroatoms. The molecule has 116 valence electrons. The van der Waals surface area contributed by atoms with Crippen molar-refractivity contribution in [2.75, 3.05) is 19.8 Å². The van der Waals surface area contributed by atoms with Crippen molar-refractivity contribution in [1.82, 2.24) is 5.32 Å². The quantitative estimate of drug-likeness (QED) is 0.888. The Kier molecular flexibility index (Phi) is 4.56. The molecule has 2 rings (SSSR count). The van der Waals surface area contributed by atoms with E-state index in [1.54, 1.807) is 0 Å². The van der Waals surface area contributed by atoms with Crippen LogP contribution in [0.2, 0.25) is 0 Å². The molecule has 1 aliphatic heterocycles. The first-order valence-corrected chi connectivity index (χ1v) is 6.30. The third kappa shape index (κ3) is 4.01. The van der Waals surface area contributed by atoms with Crippen LogP contribution in [-0.2, 0) is 0 Å². The van der Waals surface area contributed by atoms with E-state index in [4.69, 9.17) is 14.6 Å². The summed E-state index contributed by atoms with van der Waals surface area (Å²) in [5, 5.41) is 10.8. The number of ether oxygens (including phenoxy) is 2. The van der Waals surface area contributed by atoms with E-state index in [9.17, 15) is 18.0 Å². The number of hydrogen-bond donors (Lipinski definition) is 2. The number of aliphatic hydroxyl groups is 1. The van der Waals surface area contributed by atoms with Gasteiger partial charge < -0.3 is 19.9 Å². The maximum Gasteiger partial charge on any atom is 0.416 e. The molecule has 0 spiro atoms. The molecule has 1 heterocycles. The fourth-order valence-electron chi connectivity index (χ4n) is 1.71. The Morgan fingerprint density at radius 2 is 1.95 bits per heavy atom. The zero-order chi connectivity index (χ0) is 15.5. The second-order valence-corrected chi connectivity index (χ2v) is 4.48. The van der Waals surface area contributed by atoms with Gasteiger partial charge in [-0.2, -0.15) is 13.2 Å². The van der Waals surface area contributed by atoms with Crippen molar-refractivity contribution in [3.63, 3.8) is 0 Å². The molecule has 0 aromatic heterocycles. The summed E-state index contributed by atoms with van der Waals surface area (Å²) in [5.74, 6) is 0.129. The van der Waals surface area contributed by atoms with Crippen molar-refractivity contribution in [3.8, 4) is 11.5 Å². The number of rotatable bonds is 3. The number of halogens is 3. The van der Waals surface area contributed by atoms with Gasteiger partial charge in [0.2, 0.25) is 0 Å². The lowest BCUT2D eigenvalue weighted by atomic mass is 10.2. The van der Waals surface area contributed by atoms with Crippen LogP contribution in [0.3, 0.4) is 0 Å². The molecule has 1 unspecified atom stereocenters. The number of benzene rings is 1. The maximum absolute atomic E-state index is 12.1. The molecule has 1 aliphatic rings. The summed E-state index contributed by atoms with van der Waals surface area (Å²) < 4.78 is 47.2. The lowest BCUT2D eigenvalue weighted by Crippen LogP contribution is -2.40. The molecule has 1 atom stereocenters. The smallest absolute Gasteiger partial charge is 0.416 e. The van der Waals surface area contributed by atoms with E-state index in [1.165, 1.54) is 18.2 Å². The third-order valence-electron chi connectivity index (χ3n) is 2.84. The molecular weight excluding hydrogens is 291 g/mol. The Bertz CT molecular complexity index is 519. The van der Waals surface area contributed by atoms with Crippen LogP contribution < -0.4 is 14.8 Å². The minimum Gasteiger partial charge on any atom is -0.490 e. The number of nitrogens with one attached hydrogen (secondary N) is 1. The highest BCUT2D eigenvalue weighted by molar-refractivity contribution is 5.94. The van der Waals surface area contributed by atoms with E-state index in [0.29, 0.717) is 31.1 Å². The normalized spacial score (nSPS) is 16.0. The van der Waals surface area contributed by atoms with Gasteiger partial charge in [0.15, 0.2) is 17.6 Å². The van der Waals surface area contributed by atoms with Crippen LogP contribution in [0.25, 0.3) is 0 Å². The number of aliphatic hydroxyl groups excluding tert-OH is 1. The Morgan fingerprint density at radius 1 is 1.29 bits per heavy atom. The standard InChI is InChI=1S/C13H14F3NO4/c14-13(15,16)11(18)7-17-12(19)8-2-3-9-10(6-8)21-5-1-4-20-9/h2-3,6,11,18H,1,4-5,7H2,(H,17,19). The lowest BCUT2D eigenvalue weighted by Gasteiger charge is -2.15. The Morgan fingerprint density at radius 3 is 2.62 bits per heavy atom. The van der Waals surface area contributed by atoms with Crippen LogP contribution in [-0.4, -0.2) is 43.1 Å². The van der Waals surface area contributed by atoms with Gasteiger partial charge in [0.05, 0.1) is 19.8 Å². The zero-order valence-electron chi connectivity index (χ0n) is 10.9. The van der Waals surface area contributed by atoms with Crippen molar-refractivity contribution in [3.05, 3.63) is 23.8 Å². The van der Waals surface area contributed by atoms with Crippen LogP contribution in [0, 0.1) is 0 Å². The topological polar surface area (TPSA) is 67.8 Å². The Hall–Kier alpha value is -1.96. The van der Waals surface area contributed by atoms with Crippen LogP contribution in [0.5, 0.6) is 11.5 Å². The van der Waals surface area contributed by atoms with Crippen molar-refractivity contribution in [1.29, 1.82) is 0 Å². The Labute approximate surface area is 118 Å². The summed E-state index contributed by atoms with van der Waals surface area (Å²) in [6.45, 7) is 0.0257. The minimum absolute atomic E-state index is 0.133. The average molecular weight is 305 g/mol. The highest BCUT2D eigenvalue weighted by atomic mass is 19.4. The molecule has 0 aliphatic carbocycles. The van der Waals surface area contributed by atoms with Crippen molar-refractivity contribution >= 4 is 5.91 Å². The van der Waals surface area contributed by atoms with Crippen molar-refractivity contribution < 1.29 is 32.5 Å². The van der Waals surface area contributed by atoms with Crippen LogP contribution >= 0.6 is 0 Å². The van der Waals surface area contributed by atoms with E-state index in [-0.39, 0.29) is 5.56 Å². The molecule has 0 bridgehead atoms. The predicted molar refractivity (Wildman–Crippen MR) is 66.4 cm³/mol. The first-order valence-electron chi connectivity index (χ1n) is 6.30. The third-order valence-corrected chi connectivity index (χ3v) is 2.84. The van der Waals surface area contributed by atoms with Crippen molar-refractivity contribution in [2.24, 2.45) is 0 Å². The van der Waals surface area contributed by atoms with Crippen LogP contribution in [0.15, 0.2) is 18.2 Å². The fourth-order valence-corrected chi connectivity index (χ4v) is 1.71. The summed E-state index contributed by atoms with van der Waals surface area (Å²) >= 11 is 0. The number of carbonyl (C=O) groups excluding carboxylic acids is 1. The molecule has 1 aromatic rings. The van der Waals surface area contributed by atoms with E-state index in [2.05, 4.69) is 0 Å². The Balaban J connectivity index is 2.01. The van der Waals surface area contributed by atoms with Gasteiger partial charge in [-0.25, -0.2) is 0 Å². The number of amides is 1. The van der Waals surface area contributed by atoms with E-state index in [0.717, 1.165) is 0 Å². The van der Waals surface area contributed by atoms with E-state index < -0.39 is 24.7 Å². The van der Waals surface area contributed by atoms with Crippen LogP contribution in [0.1, 0.15) is 16.8 Å². The number of hydrogen-bond acceptors (Lipinski definition) is 4. The maximum atomic E-state index is 12.1. The average Bonchev–Trinajstić information content (AvgIpc) is 2.67. The first-order chi connectivity index (χ1) is 9.88. The largest absolute Gasteiger partial charge is 0.490 e. The second-order valence-electron chi connectivity index (χ2n) is 4.48. The fraction of sp³-hybridized carbons (Fsp3) is 0.462. The molecule has 0 fully saturated rings. The van der Waals surface area contributed by atoms with Crippen LogP contribution in [0.4, 0.5) is 13.2 Å². The minimum atomic E-state index is -4.77. The number of fused-ring (bicyclic) bond motifs is 1. The first kappa shape index (κ1) is 15.4. The summed E-state index contributed by atoms with van der Waals surface area (Å²) in [6, 6.07) is 4.34. The molecular formula is C13H14F3NO4. The van der Waals surface area contributed by atoms with E-state index in [1.807, 2.05) is 5.32 Å². The molecule has 21 heavy (non-hydrogen) atoms. The molecule has 5 nitrogen and oxygen atoms in total. The number of alkyl halides is 3. The predicted octanol–water partition coefficient (Wildman–Crippen LogP) is 1.50. The van der Waals surface area contributed by atoms with Gasteiger partial charge in [-0.1, -0.05) is 0 Å². The highest BCUT2D eigenvalue weighted by Crippen LogP contribution is 2.30. The molecule has 2 N–H and O–H groups in total. The molecule has 0 saturated heterocycles. The van der Waals surface area contributed by atoms with Gasteiger partial charge in [-0.15, -0.1) is 0 Å². The SMILES string of the molecule is O=C(NCC(O)C(F)(F)F)c1ccc2c(c1)OCCCO2. The monoisotopic (exact) mass is 305 g/mol. The van der Waals surface area contributed by atoms with Gasteiger partial charge in [-0.3, -0.25) is 4.79 Å². The summed E-state index contributed by atoms with van der Waals surface area (Å²) in [4.78, 5) is 11.8.